The van der Waals surface area contributed by atoms with Crippen LogP contribution in [-0.4, -0.2) is 53.0 Å². The lowest BCUT2D eigenvalue weighted by molar-refractivity contribution is -0.0877. The first-order chi connectivity index (χ1) is 16.3. The van der Waals surface area contributed by atoms with Gasteiger partial charge in [0.1, 0.15) is 12.2 Å². The molecule has 2 aromatic heterocycles. The normalized spacial score (nSPS) is 19.3. The minimum Gasteiger partial charge on any atom is -0.477 e. The van der Waals surface area contributed by atoms with Gasteiger partial charge in [-0.2, -0.15) is 0 Å². The lowest BCUT2D eigenvalue weighted by Gasteiger charge is -2.41. The number of aromatic nitrogens is 2. The number of anilines is 1. The molecule has 0 radical (unpaired) electrons. The van der Waals surface area contributed by atoms with Crippen molar-refractivity contribution in [1.82, 2.24) is 9.55 Å². The Hall–Kier alpha value is -3.10. The van der Waals surface area contributed by atoms with Crippen molar-refractivity contribution < 1.29 is 19.4 Å². The van der Waals surface area contributed by atoms with Gasteiger partial charge in [0.05, 0.1) is 41.0 Å². The van der Waals surface area contributed by atoms with Crippen LogP contribution in [-0.2, 0) is 10.3 Å². The number of ether oxygens (including phenoxy) is 2. The zero-order chi connectivity index (χ0) is 24.0. The number of carbonyl (C=O) groups is 1. The molecule has 178 valence electrons. The summed E-state index contributed by atoms with van der Waals surface area (Å²) in [5.74, 6) is -0.641. The SMILES string of the molecule is Cc1cccnc1OCC1CCCN1c1cc2c(cc1Cl)c(=O)c(C(=O)O)cn2C1(C)COC1. The maximum absolute atomic E-state index is 13.0. The monoisotopic (exact) mass is 483 g/mol. The Labute approximate surface area is 201 Å². The number of carboxylic acid groups (broad SMARTS) is 1. The number of halogens is 1. The van der Waals surface area contributed by atoms with Crippen LogP contribution in [0.3, 0.4) is 0 Å². The minimum atomic E-state index is -1.26. The summed E-state index contributed by atoms with van der Waals surface area (Å²) in [5.41, 5.74) is 1.17. The van der Waals surface area contributed by atoms with E-state index in [4.69, 9.17) is 21.1 Å². The Kier molecular flexibility index (Phi) is 5.73. The van der Waals surface area contributed by atoms with E-state index < -0.39 is 16.9 Å². The van der Waals surface area contributed by atoms with Crippen LogP contribution in [0.25, 0.3) is 10.9 Å². The fourth-order valence-electron chi connectivity index (χ4n) is 4.81. The second kappa shape index (κ2) is 8.60. The molecule has 4 heterocycles. The second-order valence-electron chi connectivity index (χ2n) is 9.28. The summed E-state index contributed by atoms with van der Waals surface area (Å²) in [6.07, 6.45) is 5.07. The highest BCUT2D eigenvalue weighted by Crippen LogP contribution is 2.37. The van der Waals surface area contributed by atoms with Crippen molar-refractivity contribution in [2.75, 3.05) is 31.3 Å². The van der Waals surface area contributed by atoms with E-state index in [1.54, 1.807) is 12.3 Å². The topological polar surface area (TPSA) is 93.9 Å². The van der Waals surface area contributed by atoms with Gasteiger partial charge in [0, 0.05) is 29.9 Å². The van der Waals surface area contributed by atoms with Crippen LogP contribution in [0.1, 0.15) is 35.7 Å². The Morgan fingerprint density at radius 3 is 2.85 bits per heavy atom. The standard InChI is InChI=1S/C25H26ClN3O5/c1-15-5-3-7-27-23(15)34-12-16-6-4-8-28(16)21-10-20-17(9-19(21)26)22(30)18(24(31)32)11-29(20)25(2)13-33-14-25/h3,5,7,9-11,16H,4,6,8,12-14H2,1-2H3,(H,31,32). The summed E-state index contributed by atoms with van der Waals surface area (Å²) in [7, 11) is 0. The number of nitrogens with zero attached hydrogens (tertiary/aromatic N) is 3. The van der Waals surface area contributed by atoms with Gasteiger partial charge in [0.15, 0.2) is 0 Å². The van der Waals surface area contributed by atoms with Crippen molar-refractivity contribution in [1.29, 1.82) is 0 Å². The molecule has 2 fully saturated rings. The van der Waals surface area contributed by atoms with Crippen LogP contribution in [0, 0.1) is 6.92 Å². The number of hydrogen-bond donors (Lipinski definition) is 1. The summed E-state index contributed by atoms with van der Waals surface area (Å²) in [6.45, 7) is 6.09. The maximum atomic E-state index is 13.0. The molecule has 1 aromatic carbocycles. The molecular formula is C25H26ClN3O5. The highest BCUT2D eigenvalue weighted by atomic mass is 35.5. The third kappa shape index (κ3) is 3.80. The number of rotatable bonds is 6. The Morgan fingerprint density at radius 1 is 1.38 bits per heavy atom. The molecule has 2 aliphatic heterocycles. The molecule has 2 saturated heterocycles. The maximum Gasteiger partial charge on any atom is 0.341 e. The van der Waals surface area contributed by atoms with E-state index in [-0.39, 0.29) is 17.0 Å². The van der Waals surface area contributed by atoms with E-state index in [0.717, 1.165) is 30.6 Å². The lowest BCUT2D eigenvalue weighted by Crippen LogP contribution is -2.49. The second-order valence-corrected chi connectivity index (χ2v) is 9.69. The van der Waals surface area contributed by atoms with Gasteiger partial charge in [-0.1, -0.05) is 17.7 Å². The van der Waals surface area contributed by atoms with Crippen molar-refractivity contribution in [3.63, 3.8) is 0 Å². The van der Waals surface area contributed by atoms with E-state index in [1.807, 2.05) is 36.6 Å². The molecule has 0 spiro atoms. The fourth-order valence-corrected chi connectivity index (χ4v) is 5.09. The van der Waals surface area contributed by atoms with Crippen molar-refractivity contribution in [2.24, 2.45) is 0 Å². The van der Waals surface area contributed by atoms with E-state index >= 15 is 0 Å². The summed E-state index contributed by atoms with van der Waals surface area (Å²) in [5, 5.41) is 10.3. The van der Waals surface area contributed by atoms with Crippen LogP contribution in [0.15, 0.2) is 41.5 Å². The van der Waals surface area contributed by atoms with Gasteiger partial charge in [-0.05, 0) is 44.9 Å². The first-order valence-electron chi connectivity index (χ1n) is 11.3. The molecule has 2 aliphatic rings. The van der Waals surface area contributed by atoms with Gasteiger partial charge < -0.3 is 24.0 Å². The van der Waals surface area contributed by atoms with Crippen LogP contribution in [0.2, 0.25) is 5.02 Å². The molecule has 0 saturated carbocycles. The highest BCUT2D eigenvalue weighted by Gasteiger charge is 2.37. The summed E-state index contributed by atoms with van der Waals surface area (Å²) >= 11 is 6.69. The van der Waals surface area contributed by atoms with Crippen LogP contribution >= 0.6 is 11.6 Å². The Morgan fingerprint density at radius 2 is 2.18 bits per heavy atom. The fraction of sp³-hybridized carbons (Fsp3) is 0.400. The number of pyridine rings is 2. The van der Waals surface area contributed by atoms with E-state index in [0.29, 0.717) is 36.2 Å². The molecule has 34 heavy (non-hydrogen) atoms. The molecule has 0 bridgehead atoms. The smallest absolute Gasteiger partial charge is 0.341 e. The number of benzene rings is 1. The van der Waals surface area contributed by atoms with Crippen LogP contribution in [0.5, 0.6) is 5.88 Å². The van der Waals surface area contributed by atoms with Gasteiger partial charge >= 0.3 is 5.97 Å². The number of aryl methyl sites for hydroxylation is 1. The average Bonchev–Trinajstić information content (AvgIpc) is 3.25. The molecule has 9 heteroatoms. The first-order valence-corrected chi connectivity index (χ1v) is 11.7. The molecule has 3 aromatic rings. The van der Waals surface area contributed by atoms with E-state index in [1.165, 1.54) is 6.20 Å². The summed E-state index contributed by atoms with van der Waals surface area (Å²) in [4.78, 5) is 31.3. The number of fused-ring (bicyclic) bond motifs is 1. The van der Waals surface area contributed by atoms with Crippen molar-refractivity contribution >= 4 is 34.2 Å². The van der Waals surface area contributed by atoms with Gasteiger partial charge in [-0.25, -0.2) is 9.78 Å². The predicted molar refractivity (Wildman–Crippen MR) is 129 cm³/mol. The third-order valence-corrected chi connectivity index (χ3v) is 7.07. The molecular weight excluding hydrogens is 458 g/mol. The average molecular weight is 484 g/mol. The van der Waals surface area contributed by atoms with Gasteiger partial charge in [-0.3, -0.25) is 4.79 Å². The first kappa shape index (κ1) is 22.7. The molecule has 0 aliphatic carbocycles. The molecule has 1 unspecified atom stereocenters. The minimum absolute atomic E-state index is 0.0949. The zero-order valence-corrected chi connectivity index (χ0v) is 19.8. The van der Waals surface area contributed by atoms with Gasteiger partial charge in [0.2, 0.25) is 11.3 Å². The van der Waals surface area contributed by atoms with Gasteiger partial charge in [0.25, 0.3) is 0 Å². The highest BCUT2D eigenvalue weighted by molar-refractivity contribution is 6.34. The summed E-state index contributed by atoms with van der Waals surface area (Å²) < 4.78 is 13.3. The lowest BCUT2D eigenvalue weighted by atomic mass is 9.97. The van der Waals surface area contributed by atoms with Crippen molar-refractivity contribution in [2.45, 2.75) is 38.3 Å². The van der Waals surface area contributed by atoms with E-state index in [9.17, 15) is 14.7 Å². The largest absolute Gasteiger partial charge is 0.477 e. The van der Waals surface area contributed by atoms with Crippen LogP contribution < -0.4 is 15.1 Å². The Balaban J connectivity index is 1.56. The Bertz CT molecular complexity index is 1330. The molecule has 8 nitrogen and oxygen atoms in total. The summed E-state index contributed by atoms with van der Waals surface area (Å²) in [6, 6.07) is 7.43. The van der Waals surface area contributed by atoms with Gasteiger partial charge in [-0.15, -0.1) is 0 Å². The number of hydrogen-bond acceptors (Lipinski definition) is 6. The quantitative estimate of drug-likeness (QED) is 0.569. The zero-order valence-electron chi connectivity index (χ0n) is 19.1. The molecule has 1 N–H and O–H groups in total. The van der Waals surface area contributed by atoms with E-state index in [2.05, 4.69) is 9.88 Å². The predicted octanol–water partition coefficient (Wildman–Crippen LogP) is 3.85. The number of carboxylic acids is 1. The molecule has 5 rings (SSSR count). The number of aromatic carboxylic acids is 1. The van der Waals surface area contributed by atoms with Crippen LogP contribution in [0.4, 0.5) is 5.69 Å². The van der Waals surface area contributed by atoms with Crippen molar-refractivity contribution in [3.05, 3.63) is 63.0 Å². The third-order valence-electron chi connectivity index (χ3n) is 6.77. The molecule has 1 atom stereocenters. The molecule has 0 amide bonds. The van der Waals surface area contributed by atoms with Crippen molar-refractivity contribution in [3.8, 4) is 5.88 Å².